The lowest BCUT2D eigenvalue weighted by Crippen LogP contribution is -2.37. The van der Waals surface area contributed by atoms with Gasteiger partial charge in [-0.15, -0.1) is 0 Å². The Morgan fingerprint density at radius 1 is 1.29 bits per heavy atom. The van der Waals surface area contributed by atoms with Crippen LogP contribution < -0.4 is 10.6 Å². The van der Waals surface area contributed by atoms with E-state index in [1.807, 2.05) is 6.08 Å². The number of hydrogen-bond acceptors (Lipinski definition) is 3. The minimum absolute atomic E-state index is 0.576. The molecule has 0 spiro atoms. The summed E-state index contributed by atoms with van der Waals surface area (Å²) in [6.45, 7) is 11.3. The third kappa shape index (κ3) is 5.23. The van der Waals surface area contributed by atoms with Crippen molar-refractivity contribution in [1.29, 1.82) is 0 Å². The molecule has 0 bridgehead atoms. The van der Waals surface area contributed by atoms with E-state index in [1.54, 1.807) is 0 Å². The van der Waals surface area contributed by atoms with Crippen molar-refractivity contribution in [3.8, 4) is 0 Å². The quantitative estimate of drug-likeness (QED) is 0.507. The Hall–Kier alpha value is -2.13. The molecule has 1 heterocycles. The highest BCUT2D eigenvalue weighted by atomic mass is 15.0. The van der Waals surface area contributed by atoms with Crippen molar-refractivity contribution in [3.63, 3.8) is 0 Å². The average molecular weight is 378 g/mol. The second kappa shape index (κ2) is 9.88. The van der Waals surface area contributed by atoms with E-state index in [2.05, 4.69) is 68.3 Å². The van der Waals surface area contributed by atoms with E-state index in [-0.39, 0.29) is 0 Å². The number of anilines is 1. The maximum Gasteiger partial charge on any atom is 0.134 e. The number of pyridine rings is 1. The number of allylic oxidation sites excluding steroid dienone is 3. The van der Waals surface area contributed by atoms with Crippen LogP contribution in [0.5, 0.6) is 0 Å². The SMILES string of the molecule is C=CC=C(C)c1cc2cc(C)ccc2nc1NCCC(CC)NC1CCCC1. The van der Waals surface area contributed by atoms with Crippen molar-refractivity contribution >= 4 is 22.3 Å². The number of fused-ring (bicyclic) bond motifs is 1. The van der Waals surface area contributed by atoms with Gasteiger partial charge in [0, 0.05) is 29.6 Å². The molecule has 3 heteroatoms. The van der Waals surface area contributed by atoms with Gasteiger partial charge in [-0.1, -0.05) is 50.1 Å². The fourth-order valence-electron chi connectivity index (χ4n) is 4.19. The first-order valence-electron chi connectivity index (χ1n) is 10.8. The van der Waals surface area contributed by atoms with Crippen LogP contribution in [-0.4, -0.2) is 23.6 Å². The van der Waals surface area contributed by atoms with E-state index in [0.717, 1.165) is 35.9 Å². The topological polar surface area (TPSA) is 37.0 Å². The minimum atomic E-state index is 0.576. The zero-order chi connectivity index (χ0) is 19.9. The number of benzene rings is 1. The number of aryl methyl sites for hydroxylation is 1. The molecule has 3 nitrogen and oxygen atoms in total. The summed E-state index contributed by atoms with van der Waals surface area (Å²) in [6.07, 6.45) is 11.6. The number of rotatable bonds is 9. The lowest BCUT2D eigenvalue weighted by Gasteiger charge is -2.22. The Morgan fingerprint density at radius 3 is 2.79 bits per heavy atom. The van der Waals surface area contributed by atoms with E-state index in [1.165, 1.54) is 48.6 Å². The second-order valence-corrected chi connectivity index (χ2v) is 8.13. The van der Waals surface area contributed by atoms with Gasteiger partial charge < -0.3 is 10.6 Å². The summed E-state index contributed by atoms with van der Waals surface area (Å²) in [6, 6.07) is 10.00. The van der Waals surface area contributed by atoms with Gasteiger partial charge in [-0.2, -0.15) is 0 Å². The van der Waals surface area contributed by atoms with Crippen molar-refractivity contribution in [2.24, 2.45) is 0 Å². The van der Waals surface area contributed by atoms with Gasteiger partial charge in [-0.3, -0.25) is 0 Å². The molecule has 0 saturated heterocycles. The van der Waals surface area contributed by atoms with Crippen LogP contribution in [0.2, 0.25) is 0 Å². The minimum Gasteiger partial charge on any atom is -0.369 e. The Bertz CT molecular complexity index is 831. The summed E-state index contributed by atoms with van der Waals surface area (Å²) in [5.41, 5.74) is 4.65. The summed E-state index contributed by atoms with van der Waals surface area (Å²) in [5, 5.41) is 8.67. The predicted molar refractivity (Wildman–Crippen MR) is 123 cm³/mol. The summed E-state index contributed by atoms with van der Waals surface area (Å²) in [5.74, 6) is 0.975. The summed E-state index contributed by atoms with van der Waals surface area (Å²) in [7, 11) is 0. The number of aromatic nitrogens is 1. The Balaban J connectivity index is 1.74. The first-order chi connectivity index (χ1) is 13.6. The fraction of sp³-hybridized carbons (Fsp3) is 0.480. The van der Waals surface area contributed by atoms with Crippen LogP contribution in [0.25, 0.3) is 16.5 Å². The van der Waals surface area contributed by atoms with E-state index in [4.69, 9.17) is 4.98 Å². The molecule has 1 aromatic carbocycles. The van der Waals surface area contributed by atoms with Crippen molar-refractivity contribution in [1.82, 2.24) is 10.3 Å². The van der Waals surface area contributed by atoms with Gasteiger partial charge in [-0.05, 0) is 63.3 Å². The van der Waals surface area contributed by atoms with Crippen molar-refractivity contribution in [2.75, 3.05) is 11.9 Å². The smallest absolute Gasteiger partial charge is 0.134 e. The molecule has 150 valence electrons. The molecule has 1 atom stereocenters. The van der Waals surface area contributed by atoms with E-state index >= 15 is 0 Å². The van der Waals surface area contributed by atoms with Crippen molar-refractivity contribution in [3.05, 3.63) is 54.1 Å². The summed E-state index contributed by atoms with van der Waals surface area (Å²) >= 11 is 0. The average Bonchev–Trinajstić information content (AvgIpc) is 3.20. The highest BCUT2D eigenvalue weighted by molar-refractivity contribution is 5.87. The first-order valence-corrected chi connectivity index (χ1v) is 10.8. The molecule has 1 unspecified atom stereocenters. The molecule has 1 aliphatic carbocycles. The van der Waals surface area contributed by atoms with Gasteiger partial charge >= 0.3 is 0 Å². The van der Waals surface area contributed by atoms with Crippen LogP contribution in [0.4, 0.5) is 5.82 Å². The van der Waals surface area contributed by atoms with Crippen LogP contribution >= 0.6 is 0 Å². The maximum absolute atomic E-state index is 4.94. The van der Waals surface area contributed by atoms with Crippen LogP contribution in [0.3, 0.4) is 0 Å². The largest absolute Gasteiger partial charge is 0.369 e. The van der Waals surface area contributed by atoms with Gasteiger partial charge in [0.05, 0.1) is 5.52 Å². The van der Waals surface area contributed by atoms with Gasteiger partial charge in [0.25, 0.3) is 0 Å². The fourth-order valence-corrected chi connectivity index (χ4v) is 4.19. The van der Waals surface area contributed by atoms with Crippen LogP contribution in [0, 0.1) is 6.92 Å². The van der Waals surface area contributed by atoms with Gasteiger partial charge in [0.1, 0.15) is 5.82 Å². The Kier molecular flexibility index (Phi) is 7.27. The van der Waals surface area contributed by atoms with Crippen LogP contribution in [-0.2, 0) is 0 Å². The molecule has 0 amide bonds. The molecular formula is C25H35N3. The number of hydrogen-bond donors (Lipinski definition) is 2. The molecule has 1 saturated carbocycles. The maximum atomic E-state index is 4.94. The normalized spacial score (nSPS) is 16.5. The molecule has 28 heavy (non-hydrogen) atoms. The van der Waals surface area contributed by atoms with Gasteiger partial charge in [-0.25, -0.2) is 4.98 Å². The predicted octanol–water partition coefficient (Wildman–Crippen LogP) is 6.25. The third-order valence-corrected chi connectivity index (χ3v) is 5.87. The molecule has 0 aliphatic heterocycles. The van der Waals surface area contributed by atoms with E-state index < -0.39 is 0 Å². The lowest BCUT2D eigenvalue weighted by molar-refractivity contribution is 0.407. The molecular weight excluding hydrogens is 342 g/mol. The van der Waals surface area contributed by atoms with E-state index in [0.29, 0.717) is 6.04 Å². The van der Waals surface area contributed by atoms with E-state index in [9.17, 15) is 0 Å². The zero-order valence-electron chi connectivity index (χ0n) is 17.7. The highest BCUT2D eigenvalue weighted by Gasteiger charge is 2.18. The molecule has 1 fully saturated rings. The summed E-state index contributed by atoms with van der Waals surface area (Å²) < 4.78 is 0. The molecule has 3 rings (SSSR count). The zero-order valence-corrected chi connectivity index (χ0v) is 17.7. The molecule has 2 N–H and O–H groups in total. The van der Waals surface area contributed by atoms with Crippen LogP contribution in [0.1, 0.15) is 63.5 Å². The van der Waals surface area contributed by atoms with Crippen molar-refractivity contribution in [2.45, 2.75) is 71.4 Å². The number of nitrogens with zero attached hydrogens (tertiary/aromatic N) is 1. The lowest BCUT2D eigenvalue weighted by atomic mass is 10.0. The van der Waals surface area contributed by atoms with Gasteiger partial charge in [0.15, 0.2) is 0 Å². The molecule has 0 radical (unpaired) electrons. The second-order valence-electron chi connectivity index (χ2n) is 8.13. The highest BCUT2D eigenvalue weighted by Crippen LogP contribution is 2.27. The summed E-state index contributed by atoms with van der Waals surface area (Å²) in [4.78, 5) is 4.94. The molecule has 1 aromatic heterocycles. The number of nitrogens with one attached hydrogen (secondary N) is 2. The standard InChI is InChI=1S/C25H35N3/c1-5-9-19(4)23-17-20-16-18(3)12-13-24(20)28-25(23)26-15-14-21(6-2)27-22-10-7-8-11-22/h5,9,12-13,16-17,21-22,27H,1,6-8,10-11,14-15H2,2-4H3,(H,26,28). The third-order valence-electron chi connectivity index (χ3n) is 5.87. The van der Waals surface area contributed by atoms with Crippen LogP contribution in [0.15, 0.2) is 43.0 Å². The first kappa shape index (κ1) is 20.6. The monoisotopic (exact) mass is 377 g/mol. The van der Waals surface area contributed by atoms with Gasteiger partial charge in [0.2, 0.25) is 0 Å². The Labute approximate surface area is 170 Å². The van der Waals surface area contributed by atoms with Crippen molar-refractivity contribution < 1.29 is 0 Å². The molecule has 1 aliphatic rings. The Morgan fingerprint density at radius 2 is 2.07 bits per heavy atom. The molecule has 2 aromatic rings.